The third-order valence-corrected chi connectivity index (χ3v) is 3.84. The maximum atomic E-state index is 12.0. The summed E-state index contributed by atoms with van der Waals surface area (Å²) in [7, 11) is 1.85. The lowest BCUT2D eigenvalue weighted by molar-refractivity contribution is -0.118. The predicted molar refractivity (Wildman–Crippen MR) is 72.1 cm³/mol. The maximum absolute atomic E-state index is 12.0. The van der Waals surface area contributed by atoms with Crippen LogP contribution >= 0.6 is 0 Å². The highest BCUT2D eigenvalue weighted by atomic mass is 16.3. The Labute approximate surface area is 106 Å². The molecule has 1 aromatic carbocycles. The quantitative estimate of drug-likeness (QED) is 0.709. The van der Waals surface area contributed by atoms with Crippen molar-refractivity contribution in [2.45, 2.75) is 33.1 Å². The lowest BCUT2D eigenvalue weighted by Crippen LogP contribution is -2.32. The van der Waals surface area contributed by atoms with Crippen molar-refractivity contribution in [2.75, 3.05) is 11.9 Å². The fourth-order valence-corrected chi connectivity index (χ4v) is 2.89. The van der Waals surface area contributed by atoms with Gasteiger partial charge in [0.15, 0.2) is 0 Å². The Kier molecular flexibility index (Phi) is 2.27. The van der Waals surface area contributed by atoms with Gasteiger partial charge in [0.2, 0.25) is 5.91 Å². The number of hydrogen-bond donors (Lipinski definition) is 0. The number of anilines is 1. The van der Waals surface area contributed by atoms with E-state index in [1.807, 2.05) is 20.0 Å². The van der Waals surface area contributed by atoms with Gasteiger partial charge in [-0.15, -0.1) is 0 Å². The molecular formula is C15H17NO2. The number of nitrogens with zero attached hydrogens (tertiary/aromatic N) is 1. The van der Waals surface area contributed by atoms with Crippen LogP contribution in [0, 0.1) is 13.8 Å². The molecule has 0 saturated carbocycles. The third kappa shape index (κ3) is 1.40. The summed E-state index contributed by atoms with van der Waals surface area (Å²) in [4.78, 5) is 13.8. The van der Waals surface area contributed by atoms with Gasteiger partial charge in [-0.25, -0.2) is 0 Å². The van der Waals surface area contributed by atoms with Crippen molar-refractivity contribution >= 4 is 22.6 Å². The first-order valence-corrected chi connectivity index (χ1v) is 6.29. The molecule has 0 bridgehead atoms. The standard InChI is InChI=1S/C15H17NO2/c1-8-6-13(17)16(4)14-11(8)5-9(2)15-12(14)7-10(3)18-15/h5,7-8H,6H2,1-4H3. The molecule has 0 aliphatic carbocycles. The van der Waals surface area contributed by atoms with Crippen molar-refractivity contribution in [2.24, 2.45) is 0 Å². The normalized spacial score (nSPS) is 19.4. The summed E-state index contributed by atoms with van der Waals surface area (Å²) in [6.07, 6.45) is 0.589. The van der Waals surface area contributed by atoms with Gasteiger partial charge in [-0.1, -0.05) is 6.92 Å². The van der Waals surface area contributed by atoms with E-state index < -0.39 is 0 Å². The SMILES string of the molecule is Cc1cc2c3c(cc(C)c2o1)C(C)CC(=O)N3C. The molecule has 94 valence electrons. The highest BCUT2D eigenvalue weighted by Gasteiger charge is 2.29. The number of benzene rings is 1. The average molecular weight is 243 g/mol. The Morgan fingerprint density at radius 3 is 2.78 bits per heavy atom. The van der Waals surface area contributed by atoms with E-state index >= 15 is 0 Å². The van der Waals surface area contributed by atoms with Crippen molar-refractivity contribution in [3.63, 3.8) is 0 Å². The fourth-order valence-electron chi connectivity index (χ4n) is 2.89. The number of amides is 1. The van der Waals surface area contributed by atoms with E-state index in [1.54, 1.807) is 4.90 Å². The van der Waals surface area contributed by atoms with Crippen molar-refractivity contribution in [1.82, 2.24) is 0 Å². The molecule has 0 N–H and O–H groups in total. The molecule has 3 heteroatoms. The second kappa shape index (κ2) is 3.61. The lowest BCUT2D eigenvalue weighted by atomic mass is 9.88. The van der Waals surface area contributed by atoms with E-state index in [4.69, 9.17) is 4.42 Å². The maximum Gasteiger partial charge on any atom is 0.227 e. The van der Waals surface area contributed by atoms with E-state index in [1.165, 1.54) is 5.56 Å². The van der Waals surface area contributed by atoms with Crippen LogP contribution in [-0.2, 0) is 4.79 Å². The Bertz CT molecular complexity index is 654. The van der Waals surface area contributed by atoms with Crippen LogP contribution in [0.1, 0.15) is 36.1 Å². The van der Waals surface area contributed by atoms with Gasteiger partial charge in [-0.2, -0.15) is 0 Å². The van der Waals surface area contributed by atoms with E-state index in [-0.39, 0.29) is 11.8 Å². The first kappa shape index (κ1) is 11.3. The van der Waals surface area contributed by atoms with Gasteiger partial charge in [0.1, 0.15) is 11.3 Å². The first-order valence-electron chi connectivity index (χ1n) is 6.29. The number of fused-ring (bicyclic) bond motifs is 3. The molecule has 0 fully saturated rings. The molecular weight excluding hydrogens is 226 g/mol. The third-order valence-electron chi connectivity index (χ3n) is 3.84. The van der Waals surface area contributed by atoms with E-state index in [9.17, 15) is 4.79 Å². The van der Waals surface area contributed by atoms with E-state index in [0.29, 0.717) is 6.42 Å². The number of rotatable bonds is 0. The molecule has 1 amide bonds. The molecule has 1 unspecified atom stereocenters. The summed E-state index contributed by atoms with van der Waals surface area (Å²) >= 11 is 0. The summed E-state index contributed by atoms with van der Waals surface area (Å²) in [6, 6.07) is 4.19. The second-order valence-corrected chi connectivity index (χ2v) is 5.29. The van der Waals surface area contributed by atoms with Gasteiger partial charge in [0.05, 0.1) is 5.69 Å². The molecule has 0 saturated heterocycles. The minimum Gasteiger partial charge on any atom is -0.461 e. The Hall–Kier alpha value is -1.77. The highest BCUT2D eigenvalue weighted by Crippen LogP contribution is 2.42. The van der Waals surface area contributed by atoms with Crippen molar-refractivity contribution in [3.8, 4) is 0 Å². The topological polar surface area (TPSA) is 33.5 Å². The minimum absolute atomic E-state index is 0.180. The molecule has 3 rings (SSSR count). The van der Waals surface area contributed by atoms with Crippen molar-refractivity contribution in [1.29, 1.82) is 0 Å². The minimum atomic E-state index is 0.180. The summed E-state index contributed by atoms with van der Waals surface area (Å²) in [5.41, 5.74) is 4.32. The highest BCUT2D eigenvalue weighted by molar-refractivity contribution is 6.06. The predicted octanol–water partition coefficient (Wildman–Crippen LogP) is 3.52. The van der Waals surface area contributed by atoms with Crippen LogP contribution < -0.4 is 4.90 Å². The molecule has 1 aromatic heterocycles. The Balaban J connectivity index is 2.41. The number of aryl methyl sites for hydroxylation is 2. The van der Waals surface area contributed by atoms with Crippen LogP contribution in [0.15, 0.2) is 16.5 Å². The van der Waals surface area contributed by atoms with E-state index in [0.717, 1.165) is 28.0 Å². The largest absolute Gasteiger partial charge is 0.461 e. The van der Waals surface area contributed by atoms with Gasteiger partial charge in [-0.05, 0) is 43.0 Å². The number of carbonyl (C=O) groups is 1. The molecule has 1 aliphatic heterocycles. The number of furan rings is 1. The monoisotopic (exact) mass is 243 g/mol. The van der Waals surface area contributed by atoms with Crippen LogP contribution in [-0.4, -0.2) is 13.0 Å². The molecule has 1 atom stereocenters. The molecule has 0 radical (unpaired) electrons. The van der Waals surface area contributed by atoms with Crippen molar-refractivity contribution in [3.05, 3.63) is 29.0 Å². The first-order chi connectivity index (χ1) is 8.49. The van der Waals surface area contributed by atoms with Gasteiger partial charge in [0, 0.05) is 18.9 Å². The summed E-state index contributed by atoms with van der Waals surface area (Å²) in [5, 5.41) is 1.06. The number of hydrogen-bond acceptors (Lipinski definition) is 2. The van der Waals surface area contributed by atoms with Gasteiger partial charge in [-0.3, -0.25) is 4.79 Å². The second-order valence-electron chi connectivity index (χ2n) is 5.29. The Morgan fingerprint density at radius 1 is 1.33 bits per heavy atom. The van der Waals surface area contributed by atoms with Crippen LogP contribution in [0.3, 0.4) is 0 Å². The zero-order chi connectivity index (χ0) is 13.0. The average Bonchev–Trinajstić information content (AvgIpc) is 2.68. The fraction of sp³-hybridized carbons (Fsp3) is 0.400. The van der Waals surface area contributed by atoms with E-state index in [2.05, 4.69) is 19.9 Å². The summed E-state index contributed by atoms with van der Waals surface area (Å²) in [6.45, 7) is 6.12. The molecule has 1 aliphatic rings. The molecule has 2 aromatic rings. The zero-order valence-electron chi connectivity index (χ0n) is 11.2. The molecule has 0 spiro atoms. The summed E-state index contributed by atoms with van der Waals surface area (Å²) < 4.78 is 5.75. The smallest absolute Gasteiger partial charge is 0.227 e. The lowest BCUT2D eigenvalue weighted by Gasteiger charge is -2.30. The van der Waals surface area contributed by atoms with Crippen LogP contribution in [0.5, 0.6) is 0 Å². The summed E-state index contributed by atoms with van der Waals surface area (Å²) in [5.74, 6) is 1.35. The van der Waals surface area contributed by atoms with Crippen LogP contribution in [0.2, 0.25) is 0 Å². The van der Waals surface area contributed by atoms with Gasteiger partial charge >= 0.3 is 0 Å². The molecule has 3 nitrogen and oxygen atoms in total. The van der Waals surface area contributed by atoms with Gasteiger partial charge in [0.25, 0.3) is 0 Å². The molecule has 2 heterocycles. The van der Waals surface area contributed by atoms with Gasteiger partial charge < -0.3 is 9.32 Å². The number of carbonyl (C=O) groups excluding carboxylic acids is 1. The van der Waals surface area contributed by atoms with Crippen LogP contribution in [0.4, 0.5) is 5.69 Å². The zero-order valence-corrected chi connectivity index (χ0v) is 11.2. The van der Waals surface area contributed by atoms with Crippen molar-refractivity contribution < 1.29 is 9.21 Å². The molecule has 18 heavy (non-hydrogen) atoms. The Morgan fingerprint density at radius 2 is 2.06 bits per heavy atom. The van der Waals surface area contributed by atoms with Crippen LogP contribution in [0.25, 0.3) is 11.0 Å².